The van der Waals surface area contributed by atoms with Gasteiger partial charge in [-0.1, -0.05) is 73.2 Å². The normalized spacial score (nSPS) is 18.6. The van der Waals surface area contributed by atoms with Crippen LogP contribution in [0.1, 0.15) is 73.3 Å². The van der Waals surface area contributed by atoms with Gasteiger partial charge in [0.15, 0.2) is 0 Å². The molecular formula is C48H67N5O7. The van der Waals surface area contributed by atoms with Gasteiger partial charge in [0, 0.05) is 70.5 Å². The highest BCUT2D eigenvalue weighted by Gasteiger charge is 2.22. The number of piperidine rings is 1. The van der Waals surface area contributed by atoms with E-state index < -0.39 is 17.9 Å². The van der Waals surface area contributed by atoms with Crippen molar-refractivity contribution in [3.63, 3.8) is 0 Å². The fourth-order valence-electron chi connectivity index (χ4n) is 8.40. The van der Waals surface area contributed by atoms with Gasteiger partial charge in [0.05, 0.1) is 26.2 Å². The highest BCUT2D eigenvalue weighted by molar-refractivity contribution is 5.78. The number of nitrogens with zero attached hydrogens (tertiary/aromatic N) is 5. The Bertz CT molecular complexity index is 1840. The molecule has 60 heavy (non-hydrogen) atoms. The van der Waals surface area contributed by atoms with Crippen LogP contribution in [-0.2, 0) is 20.9 Å². The second kappa shape index (κ2) is 24.0. The number of benzene rings is 3. The van der Waals surface area contributed by atoms with Crippen molar-refractivity contribution in [1.29, 1.82) is 0 Å². The third-order valence-corrected chi connectivity index (χ3v) is 12.0. The van der Waals surface area contributed by atoms with Crippen LogP contribution in [-0.4, -0.2) is 155 Å². The Morgan fingerprint density at radius 3 is 1.83 bits per heavy atom. The first-order chi connectivity index (χ1) is 28.9. The molecule has 0 bridgehead atoms. The van der Waals surface area contributed by atoms with Crippen molar-refractivity contribution in [2.24, 2.45) is 0 Å². The monoisotopic (exact) mass is 826 g/mol. The topological polar surface area (TPSA) is 137 Å². The maximum absolute atomic E-state index is 11.7. The number of aliphatic carboxylic acids is 3. The summed E-state index contributed by atoms with van der Waals surface area (Å²) >= 11 is 0. The molecule has 326 valence electrons. The molecule has 0 unspecified atom stereocenters. The number of carboxylic acids is 3. The number of hydrogen-bond acceptors (Lipinski definition) is 9. The molecule has 0 aliphatic carbocycles. The largest absolute Gasteiger partial charge is 0.493 e. The molecule has 1 atom stereocenters. The Kier molecular flexibility index (Phi) is 18.6. The van der Waals surface area contributed by atoms with E-state index in [1.54, 1.807) is 4.90 Å². The van der Waals surface area contributed by atoms with Crippen LogP contribution in [0.25, 0.3) is 23.3 Å². The summed E-state index contributed by atoms with van der Waals surface area (Å²) in [4.78, 5) is 45.3. The van der Waals surface area contributed by atoms with Crippen LogP contribution in [0.2, 0.25) is 0 Å². The first kappa shape index (κ1) is 46.5. The number of carbonyl (C=O) groups is 3. The molecule has 3 aromatic carbocycles. The van der Waals surface area contributed by atoms with Crippen molar-refractivity contribution in [3.8, 4) is 16.9 Å². The van der Waals surface area contributed by atoms with E-state index in [1.807, 2.05) is 15.9 Å². The van der Waals surface area contributed by atoms with Crippen LogP contribution >= 0.6 is 0 Å². The molecule has 5 rings (SSSR count). The van der Waals surface area contributed by atoms with E-state index in [4.69, 9.17) is 4.74 Å². The molecule has 2 aliphatic rings. The third-order valence-electron chi connectivity index (χ3n) is 12.0. The minimum absolute atomic E-state index is 0.118. The van der Waals surface area contributed by atoms with Gasteiger partial charge in [-0.15, -0.1) is 0 Å². The Morgan fingerprint density at radius 2 is 1.25 bits per heavy atom. The molecule has 2 saturated heterocycles. The van der Waals surface area contributed by atoms with E-state index in [1.165, 1.54) is 52.6 Å². The SMILES string of the molecule is Cc1cc(CN2CCCC[C@H]2C)c(OCCCCCN2CCN(CC(=O)O)CCN(CC(=O)O)CCN(CC(=O)O)CC2)cc1/C=C/c1cccc(-c2ccccc2)c1C. The molecule has 0 aromatic heterocycles. The standard InChI is InChI=1S/C48H67N5O7/c1-37-31-43(33-53-21-10-8-13-38(53)2)45(32-42(37)19-18-40-16-12-17-44(39(40)3)41-14-6-4-7-15-41)60-30-11-5-9-20-49-22-24-50(34-46(54)55)26-28-52(36-48(58)59)29-27-51(25-23-49)35-47(56)57/h4,6-7,12,14-19,31-32,38H,5,8-11,13,20-30,33-36H2,1-3H3,(H,54,55)(H,56,57)(H,58,59)/b19-18+/t38-/m1/s1. The fourth-order valence-corrected chi connectivity index (χ4v) is 8.40. The van der Waals surface area contributed by atoms with Gasteiger partial charge < -0.3 is 25.0 Å². The van der Waals surface area contributed by atoms with Crippen LogP contribution in [0.15, 0.2) is 60.7 Å². The molecule has 12 heteroatoms. The minimum atomic E-state index is -0.964. The second-order valence-corrected chi connectivity index (χ2v) is 16.6. The van der Waals surface area contributed by atoms with Gasteiger partial charge in [0.2, 0.25) is 0 Å². The highest BCUT2D eigenvalue weighted by Crippen LogP contribution is 2.31. The van der Waals surface area contributed by atoms with Gasteiger partial charge in [-0.3, -0.25) is 34.0 Å². The summed E-state index contributed by atoms with van der Waals surface area (Å²) in [5.41, 5.74) is 8.47. The van der Waals surface area contributed by atoms with Gasteiger partial charge in [0.25, 0.3) is 0 Å². The van der Waals surface area contributed by atoms with Crippen molar-refractivity contribution in [3.05, 3.63) is 88.5 Å². The number of likely N-dealkylation sites (tertiary alicyclic amines) is 1. The van der Waals surface area contributed by atoms with Crippen LogP contribution in [0.4, 0.5) is 0 Å². The Morgan fingerprint density at radius 1 is 0.667 bits per heavy atom. The van der Waals surface area contributed by atoms with E-state index in [-0.39, 0.29) is 19.6 Å². The number of ether oxygens (including phenoxy) is 1. The second-order valence-electron chi connectivity index (χ2n) is 16.6. The van der Waals surface area contributed by atoms with E-state index in [2.05, 4.69) is 97.3 Å². The number of unbranched alkanes of at least 4 members (excludes halogenated alkanes) is 2. The van der Waals surface area contributed by atoms with Crippen LogP contribution in [0, 0.1) is 13.8 Å². The van der Waals surface area contributed by atoms with Crippen LogP contribution in [0.3, 0.4) is 0 Å². The lowest BCUT2D eigenvalue weighted by atomic mass is 9.95. The predicted molar refractivity (Wildman–Crippen MR) is 238 cm³/mol. The van der Waals surface area contributed by atoms with Crippen molar-refractivity contribution < 1.29 is 34.4 Å². The highest BCUT2D eigenvalue weighted by atomic mass is 16.5. The summed E-state index contributed by atoms with van der Waals surface area (Å²) in [7, 11) is 0. The Hall–Kier alpha value is -4.59. The molecule has 0 saturated carbocycles. The molecule has 0 radical (unpaired) electrons. The molecular weight excluding hydrogens is 759 g/mol. The van der Waals surface area contributed by atoms with E-state index >= 15 is 0 Å². The zero-order chi connectivity index (χ0) is 42.9. The summed E-state index contributed by atoms with van der Waals surface area (Å²) < 4.78 is 6.64. The minimum Gasteiger partial charge on any atom is -0.493 e. The zero-order valence-corrected chi connectivity index (χ0v) is 36.1. The predicted octanol–water partition coefficient (Wildman–Crippen LogP) is 6.54. The number of aryl methyl sites for hydroxylation is 1. The van der Waals surface area contributed by atoms with Crippen molar-refractivity contribution >= 4 is 30.1 Å². The first-order valence-electron chi connectivity index (χ1n) is 21.8. The fraction of sp³-hybridized carbons (Fsp3) is 0.521. The lowest BCUT2D eigenvalue weighted by molar-refractivity contribution is -0.140. The molecule has 0 amide bonds. The van der Waals surface area contributed by atoms with Crippen molar-refractivity contribution in [2.75, 3.05) is 91.7 Å². The molecule has 3 aromatic rings. The summed E-state index contributed by atoms with van der Waals surface area (Å²) in [6.45, 7) is 13.6. The Labute approximate surface area is 357 Å². The third kappa shape index (κ3) is 15.1. The van der Waals surface area contributed by atoms with Gasteiger partial charge in [-0.2, -0.15) is 0 Å². The Balaban J connectivity index is 1.23. The lowest BCUT2D eigenvalue weighted by Crippen LogP contribution is -2.48. The molecule has 2 fully saturated rings. The number of hydrogen-bond donors (Lipinski definition) is 3. The molecule has 12 nitrogen and oxygen atoms in total. The van der Waals surface area contributed by atoms with Gasteiger partial charge in [-0.05, 0) is 105 Å². The zero-order valence-electron chi connectivity index (χ0n) is 36.1. The van der Waals surface area contributed by atoms with E-state index in [9.17, 15) is 29.7 Å². The average molecular weight is 826 g/mol. The molecule has 2 aliphatic heterocycles. The summed E-state index contributed by atoms with van der Waals surface area (Å²) in [6, 6.07) is 22.1. The molecule has 3 N–H and O–H groups in total. The maximum Gasteiger partial charge on any atom is 0.317 e. The van der Waals surface area contributed by atoms with Crippen LogP contribution < -0.4 is 4.74 Å². The first-order valence-corrected chi connectivity index (χ1v) is 21.8. The number of carboxylic acid groups (broad SMARTS) is 3. The van der Waals surface area contributed by atoms with Crippen molar-refractivity contribution in [2.45, 2.75) is 71.9 Å². The molecule has 2 heterocycles. The van der Waals surface area contributed by atoms with Gasteiger partial charge >= 0.3 is 17.9 Å². The van der Waals surface area contributed by atoms with E-state index in [0.717, 1.165) is 50.2 Å². The van der Waals surface area contributed by atoms with Gasteiger partial charge in [-0.25, -0.2) is 0 Å². The van der Waals surface area contributed by atoms with E-state index in [0.29, 0.717) is 65.0 Å². The summed E-state index contributed by atoms with van der Waals surface area (Å²) in [5, 5.41) is 28.6. The van der Waals surface area contributed by atoms with Crippen LogP contribution in [0.5, 0.6) is 5.75 Å². The quantitative estimate of drug-likeness (QED) is 0.0950. The number of rotatable bonds is 18. The van der Waals surface area contributed by atoms with Crippen molar-refractivity contribution in [1.82, 2.24) is 24.5 Å². The summed E-state index contributed by atoms with van der Waals surface area (Å²) in [5.74, 6) is -1.86. The smallest absolute Gasteiger partial charge is 0.317 e. The average Bonchev–Trinajstić information content (AvgIpc) is 3.21. The lowest BCUT2D eigenvalue weighted by Gasteiger charge is -2.34. The van der Waals surface area contributed by atoms with Gasteiger partial charge in [0.1, 0.15) is 5.75 Å². The molecule has 0 spiro atoms. The maximum atomic E-state index is 11.7. The summed E-state index contributed by atoms with van der Waals surface area (Å²) in [6.07, 6.45) is 10.9.